The van der Waals surface area contributed by atoms with Gasteiger partial charge in [0, 0.05) is 42.7 Å². The molecule has 3 aromatic rings. The molecule has 0 bridgehead atoms. The fourth-order valence-corrected chi connectivity index (χ4v) is 2.51. The van der Waals surface area contributed by atoms with E-state index >= 15 is 0 Å². The molecule has 122 valence electrons. The first-order chi connectivity index (χ1) is 11.6. The fourth-order valence-electron chi connectivity index (χ4n) is 2.51. The molecule has 0 radical (unpaired) electrons. The van der Waals surface area contributed by atoms with Crippen molar-refractivity contribution in [2.75, 3.05) is 13.6 Å². The lowest BCUT2D eigenvalue weighted by molar-refractivity contribution is -0.124. The molecule has 2 heterocycles. The fraction of sp³-hybridized carbons (Fsp3) is 0.235. The molecule has 0 saturated carbocycles. The molecular weight excluding hydrogens is 304 g/mol. The first kappa shape index (κ1) is 15.8. The number of hydrogen-bond acceptors (Lipinski definition) is 5. The Morgan fingerprint density at radius 1 is 1.33 bits per heavy atom. The number of carbonyl (C=O) groups excluding carboxylic acids is 1. The van der Waals surface area contributed by atoms with Gasteiger partial charge in [0.1, 0.15) is 0 Å². The summed E-state index contributed by atoms with van der Waals surface area (Å²) in [5.74, 6) is 0.514. The Hall–Kier alpha value is -3.09. The van der Waals surface area contributed by atoms with Crippen LogP contribution in [0.25, 0.3) is 17.0 Å². The maximum absolute atomic E-state index is 12.3. The number of pyridine rings is 1. The highest BCUT2D eigenvalue weighted by atomic mass is 16.2. The molecule has 0 spiro atoms. The maximum Gasteiger partial charge on any atom is 0.246 e. The van der Waals surface area contributed by atoms with Gasteiger partial charge in [-0.15, -0.1) is 10.2 Å². The predicted octanol–water partition coefficient (Wildman–Crippen LogP) is 2.02. The Morgan fingerprint density at radius 3 is 2.96 bits per heavy atom. The lowest BCUT2D eigenvalue weighted by Crippen LogP contribution is -2.29. The second-order valence-corrected chi connectivity index (χ2v) is 5.65. The molecule has 1 aromatic carbocycles. The topological polar surface area (TPSA) is 87.7 Å². The molecule has 0 aliphatic carbocycles. The number of tetrazole rings is 1. The van der Waals surface area contributed by atoms with Gasteiger partial charge in [0.15, 0.2) is 5.82 Å². The number of aromatic nitrogens is 5. The van der Waals surface area contributed by atoms with Crippen LogP contribution in [0.3, 0.4) is 0 Å². The van der Waals surface area contributed by atoms with Crippen molar-refractivity contribution in [1.29, 1.82) is 0 Å². The van der Waals surface area contributed by atoms with Crippen molar-refractivity contribution in [3.63, 3.8) is 0 Å². The third-order valence-electron chi connectivity index (χ3n) is 3.80. The molecule has 0 aliphatic heterocycles. The summed E-state index contributed by atoms with van der Waals surface area (Å²) in [5, 5.41) is 14.9. The average molecular weight is 322 g/mol. The van der Waals surface area contributed by atoms with Crippen LogP contribution in [0.2, 0.25) is 0 Å². The molecule has 1 amide bonds. The van der Waals surface area contributed by atoms with Gasteiger partial charge in [-0.1, -0.05) is 36.4 Å². The summed E-state index contributed by atoms with van der Waals surface area (Å²) in [5.41, 5.74) is 1.80. The van der Waals surface area contributed by atoms with Crippen LogP contribution >= 0.6 is 0 Å². The van der Waals surface area contributed by atoms with Crippen molar-refractivity contribution < 1.29 is 4.79 Å². The maximum atomic E-state index is 12.3. The zero-order valence-electron chi connectivity index (χ0n) is 13.5. The van der Waals surface area contributed by atoms with Crippen molar-refractivity contribution in [2.45, 2.75) is 12.8 Å². The lowest BCUT2D eigenvalue weighted by Gasteiger charge is -2.18. The number of hydrogen-bond donors (Lipinski definition) is 1. The van der Waals surface area contributed by atoms with Crippen LogP contribution in [0.5, 0.6) is 0 Å². The number of fused-ring (bicyclic) bond motifs is 1. The summed E-state index contributed by atoms with van der Waals surface area (Å²) >= 11 is 0. The van der Waals surface area contributed by atoms with Crippen LogP contribution in [0.15, 0.2) is 42.6 Å². The number of amides is 1. The van der Waals surface area contributed by atoms with Crippen LogP contribution in [-0.4, -0.2) is 50.0 Å². The van der Waals surface area contributed by atoms with Gasteiger partial charge < -0.3 is 4.90 Å². The number of benzene rings is 1. The molecular formula is C17H18N6O. The highest BCUT2D eigenvalue weighted by Gasteiger charge is 2.15. The average Bonchev–Trinajstić information content (AvgIpc) is 3.14. The number of nitrogens with one attached hydrogen (secondary N) is 1. The van der Waals surface area contributed by atoms with E-state index in [4.69, 9.17) is 0 Å². The summed E-state index contributed by atoms with van der Waals surface area (Å²) < 4.78 is 0. The Balaban J connectivity index is 1.70. The smallest absolute Gasteiger partial charge is 0.246 e. The van der Waals surface area contributed by atoms with Gasteiger partial charge in [0.05, 0.1) is 5.52 Å². The van der Waals surface area contributed by atoms with Gasteiger partial charge in [-0.2, -0.15) is 5.21 Å². The largest absolute Gasteiger partial charge is 0.341 e. The van der Waals surface area contributed by atoms with Crippen LogP contribution < -0.4 is 0 Å². The van der Waals surface area contributed by atoms with Crippen LogP contribution in [0.1, 0.15) is 24.2 Å². The standard InChI is InChI=1S/C17H18N6O/c1-12(17-19-21-22-20-17)11-23(2)15(24)9-8-14-6-3-5-13-7-4-10-18-16(13)14/h3-10,12H,11H2,1-2H3,(H,19,20,21,22). The SMILES string of the molecule is CC(CN(C)C(=O)C=Cc1cccc2cccnc12)c1nn[nH]n1. The third-order valence-corrected chi connectivity index (χ3v) is 3.80. The van der Waals surface area contributed by atoms with E-state index in [-0.39, 0.29) is 11.8 Å². The van der Waals surface area contributed by atoms with Gasteiger partial charge >= 0.3 is 0 Å². The van der Waals surface area contributed by atoms with Gasteiger partial charge in [-0.05, 0) is 12.1 Å². The Labute approximate surface area is 139 Å². The zero-order chi connectivity index (χ0) is 16.9. The Bertz CT molecular complexity index is 853. The normalized spacial score (nSPS) is 12.6. The van der Waals surface area contributed by atoms with E-state index in [0.29, 0.717) is 12.4 Å². The molecule has 7 heteroatoms. The van der Waals surface area contributed by atoms with Crippen LogP contribution in [0.4, 0.5) is 0 Å². The van der Waals surface area contributed by atoms with Gasteiger partial charge in [0.2, 0.25) is 5.91 Å². The van der Waals surface area contributed by atoms with E-state index in [0.717, 1.165) is 16.5 Å². The molecule has 3 rings (SSSR count). The summed E-state index contributed by atoms with van der Waals surface area (Å²) in [6.07, 6.45) is 5.11. The minimum atomic E-state index is -0.0849. The van der Waals surface area contributed by atoms with E-state index in [1.54, 1.807) is 30.3 Å². The first-order valence-corrected chi connectivity index (χ1v) is 7.65. The molecule has 24 heavy (non-hydrogen) atoms. The number of nitrogens with zero attached hydrogens (tertiary/aromatic N) is 5. The zero-order valence-corrected chi connectivity index (χ0v) is 13.5. The summed E-state index contributed by atoms with van der Waals surface area (Å²) in [4.78, 5) is 18.3. The molecule has 2 aromatic heterocycles. The number of rotatable bonds is 5. The lowest BCUT2D eigenvalue weighted by atomic mass is 10.1. The number of carbonyl (C=O) groups is 1. The summed E-state index contributed by atoms with van der Waals surface area (Å²) in [6.45, 7) is 2.46. The van der Waals surface area contributed by atoms with Gasteiger partial charge in [0.25, 0.3) is 0 Å². The highest BCUT2D eigenvalue weighted by Crippen LogP contribution is 2.17. The van der Waals surface area contributed by atoms with Crippen LogP contribution in [-0.2, 0) is 4.79 Å². The minimum absolute atomic E-state index is 0.00493. The number of aromatic amines is 1. The van der Waals surface area contributed by atoms with E-state index < -0.39 is 0 Å². The van der Waals surface area contributed by atoms with E-state index in [1.165, 1.54) is 0 Å². The number of para-hydroxylation sites is 1. The van der Waals surface area contributed by atoms with E-state index in [9.17, 15) is 4.79 Å². The Kier molecular flexibility index (Phi) is 4.60. The second-order valence-electron chi connectivity index (χ2n) is 5.65. The summed E-state index contributed by atoms with van der Waals surface area (Å²) in [7, 11) is 1.75. The molecule has 0 saturated heterocycles. The van der Waals surface area contributed by atoms with Crippen molar-refractivity contribution in [1.82, 2.24) is 30.5 Å². The number of H-pyrrole nitrogens is 1. The predicted molar refractivity (Wildman–Crippen MR) is 91.0 cm³/mol. The Morgan fingerprint density at radius 2 is 2.17 bits per heavy atom. The first-order valence-electron chi connectivity index (χ1n) is 7.65. The monoisotopic (exact) mass is 322 g/mol. The molecule has 7 nitrogen and oxygen atoms in total. The minimum Gasteiger partial charge on any atom is -0.341 e. The number of likely N-dealkylation sites (N-methyl/N-ethyl adjacent to an activating group) is 1. The molecule has 0 fully saturated rings. The third kappa shape index (κ3) is 3.45. The van der Waals surface area contributed by atoms with E-state index in [2.05, 4.69) is 25.6 Å². The highest BCUT2D eigenvalue weighted by molar-refractivity contribution is 5.95. The molecule has 1 unspecified atom stereocenters. The second kappa shape index (κ2) is 6.99. The van der Waals surface area contributed by atoms with Gasteiger partial charge in [-0.25, -0.2) is 0 Å². The molecule has 0 aliphatic rings. The van der Waals surface area contributed by atoms with Crippen LogP contribution in [0, 0.1) is 0 Å². The molecule has 1 N–H and O–H groups in total. The quantitative estimate of drug-likeness (QED) is 0.726. The molecule has 1 atom stereocenters. The van der Waals surface area contributed by atoms with E-state index in [1.807, 2.05) is 37.3 Å². The van der Waals surface area contributed by atoms with Crippen molar-refractivity contribution in [2.24, 2.45) is 0 Å². The van der Waals surface area contributed by atoms with Crippen molar-refractivity contribution in [3.05, 3.63) is 54.0 Å². The summed E-state index contributed by atoms with van der Waals surface area (Å²) in [6, 6.07) is 9.80. The van der Waals surface area contributed by atoms with Gasteiger partial charge in [-0.3, -0.25) is 9.78 Å². The van der Waals surface area contributed by atoms with Crippen molar-refractivity contribution >= 4 is 22.9 Å². The van der Waals surface area contributed by atoms with Crippen molar-refractivity contribution in [3.8, 4) is 0 Å².